The van der Waals surface area contributed by atoms with Gasteiger partial charge in [0, 0.05) is 18.3 Å². The lowest BCUT2D eigenvalue weighted by atomic mass is 9.58. The van der Waals surface area contributed by atoms with Crippen LogP contribution in [0.3, 0.4) is 0 Å². The summed E-state index contributed by atoms with van der Waals surface area (Å²) in [5.74, 6) is 0.666. The average Bonchev–Trinajstić information content (AvgIpc) is 3.01. The Hall–Kier alpha value is -1.50. The molecule has 5 nitrogen and oxygen atoms in total. The van der Waals surface area contributed by atoms with E-state index in [1.165, 1.54) is 22.8 Å². The lowest BCUT2D eigenvalue weighted by Gasteiger charge is -2.60. The minimum atomic E-state index is -0.752. The second-order valence-electron chi connectivity index (χ2n) is 10.2. The van der Waals surface area contributed by atoms with Gasteiger partial charge in [0.05, 0.1) is 6.61 Å². The summed E-state index contributed by atoms with van der Waals surface area (Å²) in [4.78, 5) is 12.1. The van der Waals surface area contributed by atoms with Crippen molar-refractivity contribution < 1.29 is 24.0 Å². The van der Waals surface area contributed by atoms with Crippen LogP contribution in [0.4, 0.5) is 0 Å². The van der Waals surface area contributed by atoms with Crippen LogP contribution in [0.15, 0.2) is 42.5 Å². The highest BCUT2D eigenvalue weighted by Gasteiger charge is 2.69. The van der Waals surface area contributed by atoms with Crippen LogP contribution in [0.1, 0.15) is 52.0 Å². The summed E-state index contributed by atoms with van der Waals surface area (Å²) < 4.78 is 19.4. The largest absolute Gasteiger partial charge is 0.348 e. The normalized spacial score (nSPS) is 44.1. The van der Waals surface area contributed by atoms with Crippen molar-refractivity contribution in [2.75, 3.05) is 0 Å². The predicted octanol–water partition coefficient (Wildman–Crippen LogP) is 5.56. The van der Waals surface area contributed by atoms with E-state index < -0.39 is 17.7 Å². The second-order valence-corrected chi connectivity index (χ2v) is 10.2. The SMILES string of the molecule is C[C@H]1[C@H](OCc2cccc3ccccc23)O[C@@H]2O[C@]3(C)CC[C@H]4[C@H](C)CC[C@@H]1[C@@]24OO3. The van der Waals surface area contributed by atoms with Crippen molar-refractivity contribution in [2.24, 2.45) is 23.7 Å². The Morgan fingerprint density at radius 2 is 1.81 bits per heavy atom. The van der Waals surface area contributed by atoms with E-state index in [1.54, 1.807) is 0 Å². The summed E-state index contributed by atoms with van der Waals surface area (Å²) >= 11 is 0. The molecule has 0 radical (unpaired) electrons. The van der Waals surface area contributed by atoms with E-state index in [9.17, 15) is 0 Å². The quantitative estimate of drug-likeness (QED) is 0.603. The van der Waals surface area contributed by atoms with Gasteiger partial charge in [-0.2, -0.15) is 0 Å². The van der Waals surface area contributed by atoms with Gasteiger partial charge < -0.3 is 14.2 Å². The van der Waals surface area contributed by atoms with E-state index in [-0.39, 0.29) is 18.1 Å². The Labute approximate surface area is 183 Å². The molecule has 5 heteroatoms. The molecule has 1 spiro atoms. The number of hydrogen-bond donors (Lipinski definition) is 0. The van der Waals surface area contributed by atoms with Crippen LogP contribution in [0.5, 0.6) is 0 Å². The van der Waals surface area contributed by atoms with Gasteiger partial charge in [0.1, 0.15) is 0 Å². The van der Waals surface area contributed by atoms with Crippen LogP contribution in [-0.2, 0) is 30.6 Å². The van der Waals surface area contributed by atoms with Gasteiger partial charge in [-0.25, -0.2) is 9.78 Å². The molecular formula is C26H32O5. The predicted molar refractivity (Wildman–Crippen MR) is 116 cm³/mol. The lowest BCUT2D eigenvalue weighted by Crippen LogP contribution is -2.70. The standard InChI is InChI=1S/C26H32O5/c1-16-11-12-22-17(2)23(27-15-19-9-6-8-18-7-4-5-10-20(18)19)28-24-26(22)21(16)13-14-25(3,29-24)30-31-26/h4-10,16-17,21-24H,11-15H2,1-3H3/t16-,17-,21+,22+,23-,24-,25+,26-/m1/s1. The van der Waals surface area contributed by atoms with Gasteiger partial charge in [0.15, 0.2) is 18.2 Å². The van der Waals surface area contributed by atoms with Gasteiger partial charge in [-0.15, -0.1) is 0 Å². The van der Waals surface area contributed by atoms with E-state index in [0.717, 1.165) is 19.3 Å². The summed E-state index contributed by atoms with van der Waals surface area (Å²) in [6.07, 6.45) is 3.36. The lowest BCUT2D eigenvalue weighted by molar-refractivity contribution is -0.577. The smallest absolute Gasteiger partial charge is 0.201 e. The highest BCUT2D eigenvalue weighted by Crippen LogP contribution is 2.60. The Kier molecular flexibility index (Phi) is 4.71. The number of benzene rings is 2. The van der Waals surface area contributed by atoms with Crippen LogP contribution in [0, 0.1) is 23.7 Å². The average molecular weight is 425 g/mol. The molecule has 8 atom stereocenters. The molecule has 0 aromatic heterocycles. The molecule has 7 rings (SSSR count). The zero-order chi connectivity index (χ0) is 21.2. The maximum absolute atomic E-state index is 6.54. The first-order valence-electron chi connectivity index (χ1n) is 11.8. The highest BCUT2D eigenvalue weighted by molar-refractivity contribution is 5.85. The number of rotatable bonds is 3. The maximum atomic E-state index is 6.54. The van der Waals surface area contributed by atoms with Gasteiger partial charge in [-0.3, -0.25) is 0 Å². The molecule has 2 aromatic rings. The topological polar surface area (TPSA) is 46.2 Å². The van der Waals surface area contributed by atoms with Crippen molar-refractivity contribution in [3.63, 3.8) is 0 Å². The fourth-order valence-electron chi connectivity index (χ4n) is 6.65. The first kappa shape index (κ1) is 20.1. The van der Waals surface area contributed by atoms with Crippen molar-refractivity contribution in [2.45, 2.75) is 77.0 Å². The van der Waals surface area contributed by atoms with Gasteiger partial charge >= 0.3 is 0 Å². The maximum Gasteiger partial charge on any atom is 0.201 e. The van der Waals surface area contributed by atoms with Gasteiger partial charge in [0.2, 0.25) is 5.79 Å². The number of hydrogen-bond acceptors (Lipinski definition) is 5. The van der Waals surface area contributed by atoms with Crippen LogP contribution >= 0.6 is 0 Å². The van der Waals surface area contributed by atoms with Gasteiger partial charge in [0.25, 0.3) is 0 Å². The summed E-state index contributed by atoms with van der Waals surface area (Å²) in [6.45, 7) is 7.05. The zero-order valence-electron chi connectivity index (χ0n) is 18.6. The van der Waals surface area contributed by atoms with Crippen molar-refractivity contribution in [1.29, 1.82) is 0 Å². The molecule has 5 fully saturated rings. The molecule has 166 valence electrons. The summed E-state index contributed by atoms with van der Waals surface area (Å²) in [6, 6.07) is 14.8. The monoisotopic (exact) mass is 424 g/mol. The Balaban J connectivity index is 1.29. The molecule has 0 unspecified atom stereocenters. The Morgan fingerprint density at radius 3 is 2.71 bits per heavy atom. The van der Waals surface area contributed by atoms with Crippen LogP contribution in [0.25, 0.3) is 10.8 Å². The highest BCUT2D eigenvalue weighted by atomic mass is 17.3. The van der Waals surface area contributed by atoms with Crippen molar-refractivity contribution in [1.82, 2.24) is 0 Å². The molecule has 4 heterocycles. The summed E-state index contributed by atoms with van der Waals surface area (Å²) in [7, 11) is 0. The molecule has 1 saturated carbocycles. The third-order valence-corrected chi connectivity index (χ3v) is 8.38. The third kappa shape index (κ3) is 3.01. The molecule has 4 saturated heterocycles. The minimum absolute atomic E-state index is 0.191. The first-order valence-corrected chi connectivity index (χ1v) is 11.8. The van der Waals surface area contributed by atoms with Crippen molar-refractivity contribution in [3.05, 3.63) is 48.0 Å². The zero-order valence-corrected chi connectivity index (χ0v) is 18.6. The van der Waals surface area contributed by atoms with E-state index in [0.29, 0.717) is 18.4 Å². The molecular weight excluding hydrogens is 392 g/mol. The number of fused-ring (bicyclic) bond motifs is 3. The van der Waals surface area contributed by atoms with E-state index >= 15 is 0 Å². The molecule has 5 aliphatic rings. The molecule has 31 heavy (non-hydrogen) atoms. The fourth-order valence-corrected chi connectivity index (χ4v) is 6.65. The Bertz CT molecular complexity index is 972. The van der Waals surface area contributed by atoms with Crippen LogP contribution in [0.2, 0.25) is 0 Å². The van der Waals surface area contributed by atoms with E-state index in [4.69, 9.17) is 24.0 Å². The molecule has 0 N–H and O–H groups in total. The van der Waals surface area contributed by atoms with Gasteiger partial charge in [-0.05, 0) is 54.4 Å². The van der Waals surface area contributed by atoms with Crippen molar-refractivity contribution in [3.8, 4) is 0 Å². The Morgan fingerprint density at radius 1 is 0.968 bits per heavy atom. The van der Waals surface area contributed by atoms with Crippen molar-refractivity contribution >= 4 is 10.8 Å². The molecule has 1 aliphatic carbocycles. The minimum Gasteiger partial charge on any atom is -0.348 e. The molecule has 2 aromatic carbocycles. The summed E-state index contributed by atoms with van der Waals surface area (Å²) in [5.41, 5.74) is 0.644. The summed E-state index contributed by atoms with van der Waals surface area (Å²) in [5, 5.41) is 2.46. The third-order valence-electron chi connectivity index (χ3n) is 8.38. The fraction of sp³-hybridized carbons (Fsp3) is 0.615. The van der Waals surface area contributed by atoms with E-state index in [1.807, 2.05) is 6.92 Å². The first-order chi connectivity index (χ1) is 15.0. The number of ether oxygens (including phenoxy) is 3. The van der Waals surface area contributed by atoms with Crippen LogP contribution < -0.4 is 0 Å². The molecule has 0 amide bonds. The van der Waals surface area contributed by atoms with Gasteiger partial charge in [-0.1, -0.05) is 56.3 Å². The second kappa shape index (κ2) is 7.26. The van der Waals surface area contributed by atoms with Crippen LogP contribution in [-0.4, -0.2) is 24.0 Å². The molecule has 4 aliphatic heterocycles. The molecule has 2 bridgehead atoms. The van der Waals surface area contributed by atoms with E-state index in [2.05, 4.69) is 56.3 Å².